The largest absolute Gasteiger partial charge is 0.375 e. The van der Waals surface area contributed by atoms with E-state index in [2.05, 4.69) is 9.88 Å². The van der Waals surface area contributed by atoms with Crippen LogP contribution in [0.2, 0.25) is 0 Å². The molecule has 0 aliphatic heterocycles. The van der Waals surface area contributed by atoms with Gasteiger partial charge in [0.2, 0.25) is 0 Å². The highest BCUT2D eigenvalue weighted by atomic mass is 32.1. The number of carbonyl (C=O) groups excluding carboxylic acids is 1. The van der Waals surface area contributed by atoms with Crippen LogP contribution in [-0.4, -0.2) is 28.4 Å². The average molecular weight is 279 g/mol. The summed E-state index contributed by atoms with van der Waals surface area (Å²) in [6.45, 7) is 0.918. The van der Waals surface area contributed by atoms with Gasteiger partial charge in [0.25, 0.3) is 5.91 Å². The molecule has 1 heterocycles. The fraction of sp³-hybridized carbons (Fsp3) is 0.714. The van der Waals surface area contributed by atoms with Crippen molar-refractivity contribution in [1.29, 1.82) is 0 Å². The van der Waals surface area contributed by atoms with Gasteiger partial charge in [-0.25, -0.2) is 4.98 Å². The normalized spacial score (nSPS) is 20.4. The summed E-state index contributed by atoms with van der Waals surface area (Å²) in [5.41, 5.74) is 6.16. The highest BCUT2D eigenvalue weighted by Crippen LogP contribution is 2.32. The first-order chi connectivity index (χ1) is 9.24. The number of hydrogen-bond donors (Lipinski definition) is 1. The van der Waals surface area contributed by atoms with Crippen molar-refractivity contribution in [1.82, 2.24) is 9.88 Å². The van der Waals surface area contributed by atoms with E-state index in [0.717, 1.165) is 19.4 Å². The molecule has 0 atom stereocenters. The molecule has 2 saturated carbocycles. The van der Waals surface area contributed by atoms with Gasteiger partial charge in [0.15, 0.2) is 5.13 Å². The zero-order valence-corrected chi connectivity index (χ0v) is 12.0. The predicted octanol–water partition coefficient (Wildman–Crippen LogP) is 2.91. The number of hydrogen-bond acceptors (Lipinski definition) is 4. The van der Waals surface area contributed by atoms with Gasteiger partial charge in [0, 0.05) is 18.0 Å². The molecule has 2 fully saturated rings. The van der Waals surface area contributed by atoms with Gasteiger partial charge in [-0.2, -0.15) is 0 Å². The van der Waals surface area contributed by atoms with Crippen molar-refractivity contribution >= 4 is 22.4 Å². The number of aromatic nitrogens is 1. The lowest BCUT2D eigenvalue weighted by molar-refractivity contribution is 0.0694. The van der Waals surface area contributed by atoms with Crippen molar-refractivity contribution < 1.29 is 4.79 Å². The fourth-order valence-corrected chi connectivity index (χ4v) is 3.50. The van der Waals surface area contributed by atoms with Gasteiger partial charge in [0.1, 0.15) is 5.69 Å². The van der Waals surface area contributed by atoms with E-state index in [4.69, 9.17) is 5.73 Å². The molecule has 0 unspecified atom stereocenters. The van der Waals surface area contributed by atoms with Gasteiger partial charge < -0.3 is 10.6 Å². The van der Waals surface area contributed by atoms with E-state index < -0.39 is 0 Å². The zero-order valence-electron chi connectivity index (χ0n) is 11.2. The first-order valence-electron chi connectivity index (χ1n) is 7.26. The lowest BCUT2D eigenvalue weighted by Crippen LogP contribution is -2.38. The minimum Gasteiger partial charge on any atom is -0.375 e. The zero-order chi connectivity index (χ0) is 13.2. The Balaban J connectivity index is 1.68. The molecule has 0 bridgehead atoms. The summed E-state index contributed by atoms with van der Waals surface area (Å²) in [7, 11) is 0. The van der Waals surface area contributed by atoms with Crippen LogP contribution in [0.4, 0.5) is 5.13 Å². The number of nitrogens with zero attached hydrogens (tertiary/aromatic N) is 2. The standard InChI is InChI=1S/C14H21N3OS/c15-14-16-12(9-19-14)13(18)17(11-6-7-11)8-10-4-2-1-3-5-10/h9-11H,1-8H2,(H2,15,16). The summed E-state index contributed by atoms with van der Waals surface area (Å²) in [5, 5.41) is 2.27. The maximum Gasteiger partial charge on any atom is 0.273 e. The first-order valence-corrected chi connectivity index (χ1v) is 8.14. The van der Waals surface area contributed by atoms with Crippen molar-refractivity contribution in [2.24, 2.45) is 5.92 Å². The Morgan fingerprint density at radius 3 is 2.63 bits per heavy atom. The number of anilines is 1. The van der Waals surface area contributed by atoms with Gasteiger partial charge in [-0.1, -0.05) is 19.3 Å². The Morgan fingerprint density at radius 1 is 1.32 bits per heavy atom. The molecule has 19 heavy (non-hydrogen) atoms. The molecule has 2 N–H and O–H groups in total. The second kappa shape index (κ2) is 5.49. The molecule has 2 aliphatic rings. The number of carbonyl (C=O) groups is 1. The fourth-order valence-electron chi connectivity index (χ4n) is 2.96. The van der Waals surface area contributed by atoms with Crippen LogP contribution in [0.1, 0.15) is 55.4 Å². The van der Waals surface area contributed by atoms with Gasteiger partial charge in [-0.15, -0.1) is 11.3 Å². The molecule has 2 aliphatic carbocycles. The Bertz CT molecular complexity index is 449. The van der Waals surface area contributed by atoms with Gasteiger partial charge >= 0.3 is 0 Å². The minimum absolute atomic E-state index is 0.0843. The van der Waals surface area contributed by atoms with E-state index in [-0.39, 0.29) is 5.91 Å². The molecule has 5 heteroatoms. The summed E-state index contributed by atoms with van der Waals surface area (Å²) in [6, 6.07) is 0.456. The minimum atomic E-state index is 0.0843. The number of nitrogens with two attached hydrogens (primary N) is 1. The van der Waals surface area contributed by atoms with Gasteiger partial charge in [-0.3, -0.25) is 4.79 Å². The maximum atomic E-state index is 12.5. The van der Waals surface area contributed by atoms with Crippen molar-refractivity contribution in [3.05, 3.63) is 11.1 Å². The van der Waals surface area contributed by atoms with Crippen LogP contribution in [0.3, 0.4) is 0 Å². The van der Waals surface area contributed by atoms with Crippen LogP contribution in [0.25, 0.3) is 0 Å². The monoisotopic (exact) mass is 279 g/mol. The van der Waals surface area contributed by atoms with Gasteiger partial charge in [-0.05, 0) is 31.6 Å². The third-order valence-corrected chi connectivity index (χ3v) is 4.84. The van der Waals surface area contributed by atoms with Crippen molar-refractivity contribution in [3.63, 3.8) is 0 Å². The molecule has 4 nitrogen and oxygen atoms in total. The van der Waals surface area contributed by atoms with Crippen LogP contribution < -0.4 is 5.73 Å². The highest BCUT2D eigenvalue weighted by Gasteiger charge is 2.35. The van der Waals surface area contributed by atoms with Crippen molar-refractivity contribution in [2.75, 3.05) is 12.3 Å². The van der Waals surface area contributed by atoms with E-state index in [1.807, 2.05) is 0 Å². The van der Waals surface area contributed by atoms with E-state index in [1.54, 1.807) is 5.38 Å². The molecule has 1 aromatic rings. The molecule has 0 aromatic carbocycles. The number of nitrogen functional groups attached to an aromatic ring is 1. The topological polar surface area (TPSA) is 59.2 Å². The quantitative estimate of drug-likeness (QED) is 0.922. The summed E-state index contributed by atoms with van der Waals surface area (Å²) in [5.74, 6) is 0.773. The van der Waals surface area contributed by atoms with Crippen LogP contribution in [0.5, 0.6) is 0 Å². The van der Waals surface area contributed by atoms with Crippen molar-refractivity contribution in [3.8, 4) is 0 Å². The number of thiazole rings is 1. The molecule has 0 saturated heterocycles. The van der Waals surface area contributed by atoms with E-state index in [0.29, 0.717) is 22.8 Å². The Kier molecular flexibility index (Phi) is 3.73. The molecule has 0 radical (unpaired) electrons. The number of amides is 1. The van der Waals surface area contributed by atoms with Gasteiger partial charge in [0.05, 0.1) is 0 Å². The van der Waals surface area contributed by atoms with Crippen LogP contribution in [-0.2, 0) is 0 Å². The molecular formula is C14H21N3OS. The second-order valence-electron chi connectivity index (χ2n) is 5.76. The lowest BCUT2D eigenvalue weighted by Gasteiger charge is -2.29. The van der Waals surface area contributed by atoms with Crippen LogP contribution in [0.15, 0.2) is 5.38 Å². The second-order valence-corrected chi connectivity index (χ2v) is 6.65. The maximum absolute atomic E-state index is 12.5. The Labute approximate surface area is 118 Å². The molecule has 104 valence electrons. The Hall–Kier alpha value is -1.10. The SMILES string of the molecule is Nc1nc(C(=O)N(CC2CCCCC2)C2CC2)cs1. The summed E-state index contributed by atoms with van der Waals surface area (Å²) in [6.07, 6.45) is 8.85. The highest BCUT2D eigenvalue weighted by molar-refractivity contribution is 7.13. The molecule has 1 aromatic heterocycles. The third-order valence-electron chi connectivity index (χ3n) is 4.17. The smallest absolute Gasteiger partial charge is 0.273 e. The average Bonchev–Trinajstić information content (AvgIpc) is 3.18. The molecule has 3 rings (SSSR count). The number of rotatable bonds is 4. The van der Waals surface area contributed by atoms with E-state index in [1.165, 1.54) is 43.4 Å². The summed E-state index contributed by atoms with van der Waals surface area (Å²) in [4.78, 5) is 18.7. The molecular weight excluding hydrogens is 258 g/mol. The summed E-state index contributed by atoms with van der Waals surface area (Å²) < 4.78 is 0. The van der Waals surface area contributed by atoms with E-state index >= 15 is 0 Å². The predicted molar refractivity (Wildman–Crippen MR) is 77.2 cm³/mol. The summed E-state index contributed by atoms with van der Waals surface area (Å²) >= 11 is 1.35. The van der Waals surface area contributed by atoms with Crippen LogP contribution >= 0.6 is 11.3 Å². The van der Waals surface area contributed by atoms with Crippen LogP contribution in [0, 0.1) is 5.92 Å². The third kappa shape index (κ3) is 3.08. The Morgan fingerprint density at radius 2 is 2.05 bits per heavy atom. The molecule has 0 spiro atoms. The van der Waals surface area contributed by atoms with E-state index in [9.17, 15) is 4.79 Å². The first kappa shape index (κ1) is 12.9. The molecule has 1 amide bonds. The lowest BCUT2D eigenvalue weighted by atomic mass is 9.89. The van der Waals surface area contributed by atoms with Crippen molar-refractivity contribution in [2.45, 2.75) is 51.0 Å².